The number of hydrogen-bond acceptors (Lipinski definition) is 10. The molecule has 4 N–H and O–H groups in total. The first-order valence-corrected chi connectivity index (χ1v) is 13.2. The molecule has 0 spiro atoms. The molecule has 4 aliphatic rings. The van der Waals surface area contributed by atoms with Crippen LogP contribution in [0.5, 0.6) is 0 Å². The number of nitrogens with two attached hydrogens (primary N) is 1. The molecule has 0 bridgehead atoms. The second kappa shape index (κ2) is 9.32. The Labute approximate surface area is 199 Å². The van der Waals surface area contributed by atoms with Crippen LogP contribution in [0, 0.1) is 5.92 Å². The number of ketones is 2. The lowest BCUT2D eigenvalue weighted by atomic mass is 9.79. The van der Waals surface area contributed by atoms with Gasteiger partial charge in [-0.1, -0.05) is 21.6 Å². The summed E-state index contributed by atoms with van der Waals surface area (Å²) in [6, 6.07) is 0.0810. The van der Waals surface area contributed by atoms with Crippen LogP contribution in [0.3, 0.4) is 0 Å². The Morgan fingerprint density at radius 1 is 1.27 bits per heavy atom. The number of hydrogen-bond donors (Lipinski definition) is 3. The molecule has 0 saturated carbocycles. The average Bonchev–Trinajstić information content (AvgIpc) is 3.37. The number of rotatable bonds is 11. The van der Waals surface area contributed by atoms with Crippen LogP contribution >= 0.6 is 21.6 Å². The van der Waals surface area contributed by atoms with Gasteiger partial charge in [-0.3, -0.25) is 14.4 Å². The summed E-state index contributed by atoms with van der Waals surface area (Å²) in [5.74, 6) is -0.602. The van der Waals surface area contributed by atoms with Crippen molar-refractivity contribution in [2.45, 2.75) is 44.0 Å². The van der Waals surface area contributed by atoms with Crippen LogP contribution < -0.4 is 11.1 Å². The van der Waals surface area contributed by atoms with Crippen LogP contribution in [-0.2, 0) is 23.9 Å². The van der Waals surface area contributed by atoms with Gasteiger partial charge in [0.25, 0.3) is 0 Å². The molecule has 0 aromatic heterocycles. The van der Waals surface area contributed by atoms with Crippen molar-refractivity contribution in [3.63, 3.8) is 0 Å². The van der Waals surface area contributed by atoms with E-state index in [1.807, 2.05) is 4.90 Å². The number of nitrogens with one attached hydrogen (secondary N) is 1. The summed E-state index contributed by atoms with van der Waals surface area (Å²) in [7, 11) is 4.58. The first-order chi connectivity index (χ1) is 15.7. The van der Waals surface area contributed by atoms with Gasteiger partial charge in [0.2, 0.25) is 5.78 Å². The van der Waals surface area contributed by atoms with E-state index in [-0.39, 0.29) is 36.7 Å². The number of primary amides is 1. The molecule has 0 radical (unpaired) electrons. The molecule has 2 saturated heterocycles. The van der Waals surface area contributed by atoms with Gasteiger partial charge in [-0.25, -0.2) is 4.79 Å². The number of allylic oxidation sites excluding steroid dienone is 2. The first-order valence-electron chi connectivity index (χ1n) is 10.7. The zero-order chi connectivity index (χ0) is 23.9. The predicted molar refractivity (Wildman–Crippen MR) is 122 cm³/mol. The van der Waals surface area contributed by atoms with Crippen LogP contribution in [0.15, 0.2) is 22.4 Å². The average molecular weight is 498 g/mol. The van der Waals surface area contributed by atoms with Crippen LogP contribution in [0.4, 0.5) is 4.79 Å². The number of nitrogens with zero attached hydrogens (tertiary/aromatic N) is 1. The molecule has 0 aromatic rings. The maximum Gasteiger partial charge on any atom is 0.404 e. The molecule has 1 amide bonds. The van der Waals surface area contributed by atoms with E-state index in [1.54, 1.807) is 24.8 Å². The number of carboxylic acid groups (broad SMARTS) is 1. The lowest BCUT2D eigenvalue weighted by molar-refractivity contribution is -0.137. The standard InChI is InChI=1S/C21H27N3O7S2/c1-10-11(4-3-6-32-33-7-5-14(25)26)18(28)15-12(9-31-20(22)29)21(30-2)19-13(23-19)8-24(21)16(15)17(10)27/h12-13,19,23H,3-9H2,1-2H3,(H2,22,29)(H,25,26)/t12-,13+,19+,21-/m1/s1. The quantitative estimate of drug-likeness (QED) is 0.162. The third kappa shape index (κ3) is 4.07. The Morgan fingerprint density at radius 2 is 2.00 bits per heavy atom. The van der Waals surface area contributed by atoms with E-state index in [9.17, 15) is 19.2 Å². The van der Waals surface area contributed by atoms with E-state index >= 15 is 0 Å². The van der Waals surface area contributed by atoms with Crippen molar-refractivity contribution >= 4 is 45.2 Å². The van der Waals surface area contributed by atoms with E-state index < -0.39 is 23.7 Å². The number of Topliss-reactive ketones (excluding diaryl/α,β-unsaturated/α-hetero) is 2. The molecule has 12 heteroatoms. The molecular formula is C21H27N3O7S2. The second-order valence-electron chi connectivity index (χ2n) is 8.42. The second-order valence-corrected chi connectivity index (χ2v) is 11.1. The number of carbonyl (C=O) groups is 4. The van der Waals surface area contributed by atoms with E-state index in [1.165, 1.54) is 10.8 Å². The molecule has 3 heterocycles. The number of carbonyl (C=O) groups excluding carboxylic acids is 3. The fourth-order valence-electron chi connectivity index (χ4n) is 5.20. The summed E-state index contributed by atoms with van der Waals surface area (Å²) >= 11 is 0. The largest absolute Gasteiger partial charge is 0.481 e. The van der Waals surface area contributed by atoms with Gasteiger partial charge in [0, 0.05) is 47.9 Å². The maximum absolute atomic E-state index is 13.6. The van der Waals surface area contributed by atoms with Crippen LogP contribution in [0.2, 0.25) is 0 Å². The fourth-order valence-corrected chi connectivity index (χ4v) is 7.26. The summed E-state index contributed by atoms with van der Waals surface area (Å²) in [4.78, 5) is 50.9. The molecule has 0 aromatic carbocycles. The van der Waals surface area contributed by atoms with Gasteiger partial charge >= 0.3 is 12.1 Å². The van der Waals surface area contributed by atoms with Crippen LogP contribution in [0.1, 0.15) is 26.2 Å². The highest BCUT2D eigenvalue weighted by Crippen LogP contribution is 2.56. The summed E-state index contributed by atoms with van der Waals surface area (Å²) in [6.07, 6.45) is 0.272. The van der Waals surface area contributed by atoms with Crippen molar-refractivity contribution < 1.29 is 33.8 Å². The minimum absolute atomic E-state index is 0.0711. The number of ether oxygens (including phenoxy) is 2. The van der Waals surface area contributed by atoms with Crippen molar-refractivity contribution in [1.82, 2.24) is 10.2 Å². The summed E-state index contributed by atoms with van der Waals surface area (Å²) in [6.45, 7) is 2.08. The van der Waals surface area contributed by atoms with Crippen molar-refractivity contribution in [1.29, 1.82) is 0 Å². The minimum Gasteiger partial charge on any atom is -0.481 e. The van der Waals surface area contributed by atoms with Crippen LogP contribution in [-0.4, -0.2) is 83.2 Å². The zero-order valence-electron chi connectivity index (χ0n) is 18.4. The first kappa shape index (κ1) is 24.1. The molecule has 10 nitrogen and oxygen atoms in total. The van der Waals surface area contributed by atoms with Crippen molar-refractivity contribution in [3.05, 3.63) is 22.4 Å². The van der Waals surface area contributed by atoms with Crippen molar-refractivity contribution in [2.75, 3.05) is 31.8 Å². The molecule has 3 aliphatic heterocycles. The Balaban J connectivity index is 1.51. The van der Waals surface area contributed by atoms with Gasteiger partial charge in [0.15, 0.2) is 11.5 Å². The molecule has 0 unspecified atom stereocenters. The SMILES string of the molecule is CO[C@@]12[C@H](COC(N)=O)C3=C(C(=O)C(C)=C(CCCSSCCC(=O)O)C3=O)N1C[C@@H]1N[C@@H]12. The van der Waals surface area contributed by atoms with Gasteiger partial charge in [0.1, 0.15) is 6.61 Å². The number of aliphatic carboxylic acids is 1. The Hall–Kier alpha value is -2.02. The third-order valence-corrected chi connectivity index (χ3v) is 9.18. The lowest BCUT2D eigenvalue weighted by Gasteiger charge is -2.39. The van der Waals surface area contributed by atoms with Crippen molar-refractivity contribution in [2.24, 2.45) is 11.7 Å². The van der Waals surface area contributed by atoms with Crippen LogP contribution in [0.25, 0.3) is 0 Å². The molecular weight excluding hydrogens is 470 g/mol. The van der Waals surface area contributed by atoms with Gasteiger partial charge in [-0.15, -0.1) is 0 Å². The molecule has 1 aliphatic carbocycles. The highest BCUT2D eigenvalue weighted by atomic mass is 33.1. The predicted octanol–water partition coefficient (Wildman–Crippen LogP) is 1.07. The summed E-state index contributed by atoms with van der Waals surface area (Å²) in [5, 5.41) is 12.0. The molecule has 4 rings (SSSR count). The monoisotopic (exact) mass is 497 g/mol. The number of methoxy groups -OCH3 is 1. The summed E-state index contributed by atoms with van der Waals surface area (Å²) in [5.41, 5.74) is 5.86. The number of piperazine rings is 1. The van der Waals surface area contributed by atoms with Gasteiger partial charge in [-0.2, -0.15) is 0 Å². The number of carboxylic acids is 1. The van der Waals surface area contributed by atoms with Crippen molar-refractivity contribution in [3.8, 4) is 0 Å². The highest BCUT2D eigenvalue weighted by Gasteiger charge is 2.72. The third-order valence-electron chi connectivity index (χ3n) is 6.69. The van der Waals surface area contributed by atoms with Gasteiger partial charge < -0.3 is 30.5 Å². The topological polar surface area (TPSA) is 158 Å². The lowest BCUT2D eigenvalue weighted by Crippen LogP contribution is -2.55. The maximum atomic E-state index is 13.6. The smallest absolute Gasteiger partial charge is 0.404 e. The van der Waals surface area contributed by atoms with E-state index in [2.05, 4.69) is 5.32 Å². The van der Waals surface area contributed by atoms with Gasteiger partial charge in [-0.05, 0) is 19.8 Å². The van der Waals surface area contributed by atoms with E-state index in [4.69, 9.17) is 20.3 Å². The molecule has 180 valence electrons. The Bertz CT molecular complexity index is 966. The molecule has 33 heavy (non-hydrogen) atoms. The molecule has 2 fully saturated rings. The van der Waals surface area contributed by atoms with E-state index in [0.29, 0.717) is 47.6 Å². The normalized spacial score (nSPS) is 29.9. The van der Waals surface area contributed by atoms with Gasteiger partial charge in [0.05, 0.1) is 24.1 Å². The Kier molecular flexibility index (Phi) is 6.81. The number of fused-ring (bicyclic) bond motifs is 4. The minimum atomic E-state index is -0.970. The fraction of sp³-hybridized carbons (Fsp3) is 0.619. The Morgan fingerprint density at radius 3 is 2.67 bits per heavy atom. The number of amides is 1. The highest BCUT2D eigenvalue weighted by molar-refractivity contribution is 8.76. The van der Waals surface area contributed by atoms with E-state index in [0.717, 1.165) is 5.75 Å². The zero-order valence-corrected chi connectivity index (χ0v) is 20.1. The molecule has 4 atom stereocenters. The summed E-state index contributed by atoms with van der Waals surface area (Å²) < 4.78 is 11.1.